The van der Waals surface area contributed by atoms with Gasteiger partial charge in [-0.25, -0.2) is 14.6 Å². The molecule has 0 spiro atoms. The van der Waals surface area contributed by atoms with E-state index in [4.69, 9.17) is 32.9 Å². The van der Waals surface area contributed by atoms with Gasteiger partial charge in [-0.3, -0.25) is 4.79 Å². The van der Waals surface area contributed by atoms with Gasteiger partial charge in [0.05, 0.1) is 24.8 Å². The number of halogens is 2. The van der Waals surface area contributed by atoms with Crippen molar-refractivity contribution in [3.8, 4) is 0 Å². The van der Waals surface area contributed by atoms with Gasteiger partial charge in [-0.2, -0.15) is 0 Å². The van der Waals surface area contributed by atoms with Crippen LogP contribution in [0.1, 0.15) is 51.1 Å². The van der Waals surface area contributed by atoms with Crippen molar-refractivity contribution in [1.82, 2.24) is 29.9 Å². The molecular weight excluding hydrogens is 525 g/mol. The summed E-state index contributed by atoms with van der Waals surface area (Å²) >= 11 is 12.5. The minimum absolute atomic E-state index is 0.0720. The number of carbonyl (C=O) groups excluding carboxylic acids is 1. The first kappa shape index (κ1) is 25.8. The molecule has 4 heterocycles. The number of hydrogen-bond donors (Lipinski definition) is 0. The Morgan fingerprint density at radius 1 is 1.18 bits per heavy atom. The van der Waals surface area contributed by atoms with Crippen LogP contribution in [0.25, 0.3) is 11.3 Å². The Hall–Kier alpha value is -2.49. The zero-order chi connectivity index (χ0) is 26.6. The fourth-order valence-electron chi connectivity index (χ4n) is 6.51. The summed E-state index contributed by atoms with van der Waals surface area (Å²) in [5.41, 5.74) is 1.76. The molecule has 3 fully saturated rings. The summed E-state index contributed by atoms with van der Waals surface area (Å²) < 4.78 is 6.79. The number of anilines is 1. The molecule has 1 aliphatic carbocycles. The highest BCUT2D eigenvalue weighted by Crippen LogP contribution is 2.46. The van der Waals surface area contributed by atoms with E-state index in [0.29, 0.717) is 39.2 Å². The predicted octanol–water partition coefficient (Wildman–Crippen LogP) is 4.63. The Kier molecular flexibility index (Phi) is 6.73. The number of fused-ring (bicyclic) bond motifs is 1. The lowest BCUT2D eigenvalue weighted by molar-refractivity contribution is -0.162. The highest BCUT2D eigenvalue weighted by Gasteiger charge is 2.50. The molecule has 38 heavy (non-hydrogen) atoms. The van der Waals surface area contributed by atoms with Gasteiger partial charge < -0.3 is 14.5 Å². The van der Waals surface area contributed by atoms with E-state index in [0.717, 1.165) is 50.4 Å². The molecule has 2 atom stereocenters. The Morgan fingerprint density at radius 2 is 1.97 bits per heavy atom. The van der Waals surface area contributed by atoms with Crippen LogP contribution in [0.5, 0.6) is 0 Å². The second kappa shape index (κ2) is 9.92. The zero-order valence-corrected chi connectivity index (χ0v) is 23.5. The molecule has 9 nitrogen and oxygen atoms in total. The smallest absolute Gasteiger partial charge is 0.311 e. The van der Waals surface area contributed by atoms with E-state index in [1.807, 2.05) is 26.0 Å². The summed E-state index contributed by atoms with van der Waals surface area (Å²) in [6.45, 7) is 8.24. The zero-order valence-electron chi connectivity index (χ0n) is 22.0. The number of nitrogens with zero attached hydrogens (tertiary/aromatic N) is 7. The minimum Gasteiger partial charge on any atom is -0.469 e. The van der Waals surface area contributed by atoms with Crippen molar-refractivity contribution in [2.75, 3.05) is 38.2 Å². The summed E-state index contributed by atoms with van der Waals surface area (Å²) in [5.74, 6) is 2.09. The quantitative estimate of drug-likeness (QED) is 0.405. The lowest BCUT2D eigenvalue weighted by Crippen LogP contribution is -2.58. The number of likely N-dealkylation sites (tertiary alicyclic amines) is 1. The van der Waals surface area contributed by atoms with E-state index in [1.165, 1.54) is 20.0 Å². The van der Waals surface area contributed by atoms with Crippen molar-refractivity contribution in [3.63, 3.8) is 0 Å². The van der Waals surface area contributed by atoms with Crippen LogP contribution in [0.2, 0.25) is 10.0 Å². The van der Waals surface area contributed by atoms with Crippen molar-refractivity contribution in [3.05, 3.63) is 40.0 Å². The molecule has 2 aromatic heterocycles. The molecule has 0 bridgehead atoms. The molecule has 2 aliphatic heterocycles. The fraction of sp³-hybridized carbons (Fsp3) is 0.593. The van der Waals surface area contributed by atoms with Crippen molar-refractivity contribution in [1.29, 1.82) is 0 Å². The second-order valence-electron chi connectivity index (χ2n) is 11.4. The molecule has 0 radical (unpaired) electrons. The molecule has 0 unspecified atom stereocenters. The van der Waals surface area contributed by atoms with Gasteiger partial charge in [0.2, 0.25) is 11.3 Å². The van der Waals surface area contributed by atoms with Crippen LogP contribution >= 0.6 is 23.2 Å². The third-order valence-electron chi connectivity index (χ3n) is 8.91. The topological polar surface area (TPSA) is 89.3 Å². The predicted molar refractivity (Wildman–Crippen MR) is 147 cm³/mol. The van der Waals surface area contributed by atoms with Gasteiger partial charge in [0.1, 0.15) is 5.82 Å². The van der Waals surface area contributed by atoms with Gasteiger partial charge in [-0.05, 0) is 75.6 Å². The average Bonchev–Trinajstić information content (AvgIpc) is 3.28. The number of carbonyl (C=O) groups is 1. The van der Waals surface area contributed by atoms with Crippen LogP contribution in [0.4, 0.5) is 5.82 Å². The molecule has 11 heteroatoms. The van der Waals surface area contributed by atoms with Crippen LogP contribution in [0.3, 0.4) is 0 Å². The minimum atomic E-state index is -0.311. The van der Waals surface area contributed by atoms with Crippen molar-refractivity contribution in [2.24, 2.45) is 17.3 Å². The monoisotopic (exact) mass is 557 g/mol. The number of ether oxygens (including phenoxy) is 1. The van der Waals surface area contributed by atoms with Crippen LogP contribution in [-0.2, 0) is 9.53 Å². The summed E-state index contributed by atoms with van der Waals surface area (Å²) in [6, 6.07) is 5.80. The molecule has 1 aromatic carbocycles. The molecule has 6 rings (SSSR count). The number of methoxy groups -OCH3 is 1. The molecule has 3 aromatic rings. The van der Waals surface area contributed by atoms with E-state index in [1.54, 1.807) is 16.9 Å². The van der Waals surface area contributed by atoms with E-state index in [2.05, 4.69) is 25.1 Å². The third kappa shape index (κ3) is 4.52. The number of rotatable bonds is 6. The maximum absolute atomic E-state index is 12.1. The van der Waals surface area contributed by atoms with Gasteiger partial charge in [-0.1, -0.05) is 34.5 Å². The fourth-order valence-corrected chi connectivity index (χ4v) is 7.08. The lowest BCUT2D eigenvalue weighted by Gasteiger charge is -2.52. The van der Waals surface area contributed by atoms with Crippen molar-refractivity contribution >= 4 is 46.3 Å². The Morgan fingerprint density at radius 3 is 2.71 bits per heavy atom. The standard InChI is InChI=1S/C27H33Cl2N7O2/c1-16(21-7-6-19(28)9-22(21)29)36-25-24(32-33-36)30-12-23(31-25)35-14-18(15-35)17-5-4-8-34(13-17)20-10-27(2,11-20)26(37)38-3/h6-7,9,12,16-18,20H,4-5,8,10-11,13-15H2,1-3H3/t16-,17+,20?,27?/m1/s1. The third-order valence-corrected chi connectivity index (χ3v) is 9.47. The Balaban J connectivity index is 1.10. The van der Waals surface area contributed by atoms with Gasteiger partial charge in [0.25, 0.3) is 0 Å². The Bertz CT molecular complexity index is 1350. The Labute approximate surface area is 232 Å². The first-order valence-corrected chi connectivity index (χ1v) is 14.1. The van der Waals surface area contributed by atoms with Crippen molar-refractivity contribution in [2.45, 2.75) is 51.6 Å². The summed E-state index contributed by atoms with van der Waals surface area (Å²) in [7, 11) is 1.49. The average molecular weight is 559 g/mol. The number of benzene rings is 1. The summed E-state index contributed by atoms with van der Waals surface area (Å²) in [5, 5.41) is 9.74. The molecule has 1 saturated carbocycles. The number of aromatic nitrogens is 5. The van der Waals surface area contributed by atoms with Gasteiger partial charge in [0, 0.05) is 35.7 Å². The molecule has 0 N–H and O–H groups in total. The van der Waals surface area contributed by atoms with Gasteiger partial charge in [0.15, 0.2) is 0 Å². The lowest BCUT2D eigenvalue weighted by atomic mass is 9.65. The van der Waals surface area contributed by atoms with Gasteiger partial charge in [-0.15, -0.1) is 5.10 Å². The highest BCUT2D eigenvalue weighted by molar-refractivity contribution is 6.35. The molecule has 3 aliphatic rings. The largest absolute Gasteiger partial charge is 0.469 e. The molecule has 2 saturated heterocycles. The first-order chi connectivity index (χ1) is 18.3. The summed E-state index contributed by atoms with van der Waals surface area (Å²) in [4.78, 5) is 26.5. The van der Waals surface area contributed by atoms with E-state index < -0.39 is 0 Å². The summed E-state index contributed by atoms with van der Waals surface area (Å²) in [6.07, 6.45) is 6.08. The first-order valence-electron chi connectivity index (χ1n) is 13.4. The number of hydrogen-bond acceptors (Lipinski definition) is 8. The van der Waals surface area contributed by atoms with Crippen LogP contribution in [0, 0.1) is 17.3 Å². The van der Waals surface area contributed by atoms with E-state index in [-0.39, 0.29) is 17.4 Å². The molecule has 0 amide bonds. The number of esters is 1. The van der Waals surface area contributed by atoms with E-state index >= 15 is 0 Å². The second-order valence-corrected chi connectivity index (χ2v) is 12.3. The maximum Gasteiger partial charge on any atom is 0.311 e. The normalized spacial score (nSPS) is 27.1. The molecular formula is C27H33Cl2N7O2. The van der Waals surface area contributed by atoms with Gasteiger partial charge >= 0.3 is 5.97 Å². The van der Waals surface area contributed by atoms with Crippen LogP contribution in [0.15, 0.2) is 24.4 Å². The number of piperidine rings is 1. The molecule has 202 valence electrons. The van der Waals surface area contributed by atoms with E-state index in [9.17, 15) is 4.79 Å². The SMILES string of the molecule is COC(=O)C1(C)CC(N2CCC[C@H](C3CN(c4cnc5nnn([C@H](C)c6ccc(Cl)cc6Cl)c5n4)C3)C2)C1. The van der Waals surface area contributed by atoms with Crippen LogP contribution < -0.4 is 4.90 Å². The highest BCUT2D eigenvalue weighted by atomic mass is 35.5. The maximum atomic E-state index is 12.1. The van der Waals surface area contributed by atoms with Crippen LogP contribution in [-0.4, -0.2) is 75.2 Å². The van der Waals surface area contributed by atoms with Crippen molar-refractivity contribution < 1.29 is 9.53 Å².